The first kappa shape index (κ1) is 12.9. The van der Waals surface area contributed by atoms with Crippen molar-refractivity contribution in [2.75, 3.05) is 4.90 Å². The van der Waals surface area contributed by atoms with E-state index in [2.05, 4.69) is 15.9 Å². The topological polar surface area (TPSA) is 37.4 Å². The molecule has 2 aliphatic rings. The van der Waals surface area contributed by atoms with Gasteiger partial charge in [0.05, 0.1) is 11.1 Å². The van der Waals surface area contributed by atoms with Crippen LogP contribution in [0.25, 0.3) is 0 Å². The highest BCUT2D eigenvalue weighted by Gasteiger charge is 2.53. The molecule has 1 spiro atoms. The lowest BCUT2D eigenvalue weighted by molar-refractivity contribution is -0.125. The van der Waals surface area contributed by atoms with Crippen LogP contribution < -0.4 is 4.90 Å². The fourth-order valence-corrected chi connectivity index (χ4v) is 3.94. The van der Waals surface area contributed by atoms with Crippen LogP contribution in [0.4, 0.5) is 5.69 Å². The summed E-state index contributed by atoms with van der Waals surface area (Å²) in [5.41, 5.74) is 1.34. The van der Waals surface area contributed by atoms with Crippen molar-refractivity contribution in [2.24, 2.45) is 5.41 Å². The van der Waals surface area contributed by atoms with Crippen molar-refractivity contribution >= 4 is 33.4 Å². The predicted octanol–water partition coefficient (Wildman–Crippen LogP) is 3.58. The molecule has 4 heteroatoms. The van der Waals surface area contributed by atoms with Crippen LogP contribution in [0, 0.1) is 12.3 Å². The number of benzene rings is 1. The Kier molecular flexibility index (Phi) is 3.01. The Balaban J connectivity index is 2.01. The van der Waals surface area contributed by atoms with Gasteiger partial charge in [-0.05, 0) is 43.5 Å². The van der Waals surface area contributed by atoms with E-state index in [1.54, 1.807) is 0 Å². The van der Waals surface area contributed by atoms with E-state index in [9.17, 15) is 9.59 Å². The minimum atomic E-state index is -0.396. The van der Waals surface area contributed by atoms with Gasteiger partial charge in [-0.3, -0.25) is 14.5 Å². The number of hydrogen-bond donors (Lipinski definition) is 0. The average Bonchev–Trinajstić information content (AvgIpc) is 2.85. The Bertz CT molecular complexity index is 541. The molecule has 0 aromatic heterocycles. The molecule has 1 aromatic rings. The summed E-state index contributed by atoms with van der Waals surface area (Å²) in [6.07, 6.45) is 4.23. The molecular formula is C15H16BrNO2. The first-order chi connectivity index (χ1) is 9.02. The lowest BCUT2D eigenvalue weighted by Gasteiger charge is -2.21. The molecule has 1 aliphatic heterocycles. The fraction of sp³-hybridized carbons (Fsp3) is 0.467. The molecule has 1 aromatic carbocycles. The minimum absolute atomic E-state index is 0.00694. The van der Waals surface area contributed by atoms with Crippen LogP contribution >= 0.6 is 15.9 Å². The molecule has 2 fully saturated rings. The number of imide groups is 1. The first-order valence-electron chi connectivity index (χ1n) is 6.66. The van der Waals surface area contributed by atoms with Gasteiger partial charge in [0.15, 0.2) is 0 Å². The van der Waals surface area contributed by atoms with Crippen molar-refractivity contribution in [3.8, 4) is 0 Å². The molecule has 100 valence electrons. The monoisotopic (exact) mass is 321 g/mol. The summed E-state index contributed by atoms with van der Waals surface area (Å²) >= 11 is 3.43. The van der Waals surface area contributed by atoms with Crippen molar-refractivity contribution in [2.45, 2.75) is 39.0 Å². The molecule has 0 radical (unpaired) electrons. The molecule has 2 amide bonds. The molecule has 0 unspecified atom stereocenters. The van der Waals surface area contributed by atoms with Gasteiger partial charge < -0.3 is 0 Å². The van der Waals surface area contributed by atoms with E-state index < -0.39 is 5.41 Å². The maximum absolute atomic E-state index is 12.7. The minimum Gasteiger partial charge on any atom is -0.274 e. The third-order valence-electron chi connectivity index (χ3n) is 4.24. The zero-order valence-corrected chi connectivity index (χ0v) is 12.5. The highest BCUT2D eigenvalue weighted by molar-refractivity contribution is 9.10. The number of carbonyl (C=O) groups excluding carboxylic acids is 2. The number of rotatable bonds is 1. The zero-order chi connectivity index (χ0) is 13.6. The Labute approximate surface area is 121 Å². The highest BCUT2D eigenvalue weighted by Crippen LogP contribution is 2.48. The number of nitrogens with zero attached hydrogens (tertiary/aromatic N) is 1. The lowest BCUT2D eigenvalue weighted by atomic mass is 9.84. The van der Waals surface area contributed by atoms with Crippen LogP contribution in [0.2, 0.25) is 0 Å². The van der Waals surface area contributed by atoms with E-state index in [0.717, 1.165) is 35.7 Å². The Morgan fingerprint density at radius 2 is 1.84 bits per heavy atom. The third kappa shape index (κ3) is 2.02. The molecule has 0 atom stereocenters. The third-order valence-corrected chi connectivity index (χ3v) is 4.70. The Morgan fingerprint density at radius 1 is 1.16 bits per heavy atom. The average molecular weight is 322 g/mol. The lowest BCUT2D eigenvalue weighted by Crippen LogP contribution is -2.34. The summed E-state index contributed by atoms with van der Waals surface area (Å²) < 4.78 is 0.899. The van der Waals surface area contributed by atoms with E-state index in [4.69, 9.17) is 0 Å². The van der Waals surface area contributed by atoms with Gasteiger partial charge in [-0.25, -0.2) is 0 Å². The van der Waals surface area contributed by atoms with E-state index in [1.807, 2.05) is 25.1 Å². The van der Waals surface area contributed by atoms with Gasteiger partial charge in [-0.1, -0.05) is 28.8 Å². The molecule has 1 saturated heterocycles. The standard InChI is InChI=1S/C15H16BrNO2/c1-10-6-11(16)8-12(7-10)17-13(18)9-15(14(17)19)4-2-3-5-15/h6-8H,2-5,9H2,1H3. The number of hydrogen-bond acceptors (Lipinski definition) is 2. The molecule has 1 aliphatic carbocycles. The smallest absolute Gasteiger partial charge is 0.240 e. The summed E-state index contributed by atoms with van der Waals surface area (Å²) in [6.45, 7) is 1.96. The van der Waals surface area contributed by atoms with E-state index >= 15 is 0 Å². The fourth-order valence-electron chi connectivity index (χ4n) is 3.34. The normalized spacial score (nSPS) is 21.7. The first-order valence-corrected chi connectivity index (χ1v) is 7.46. The molecule has 1 heterocycles. The zero-order valence-electron chi connectivity index (χ0n) is 10.9. The van der Waals surface area contributed by atoms with Gasteiger partial charge in [-0.15, -0.1) is 0 Å². The van der Waals surface area contributed by atoms with Gasteiger partial charge in [-0.2, -0.15) is 0 Å². The van der Waals surface area contributed by atoms with Gasteiger partial charge in [0.2, 0.25) is 11.8 Å². The summed E-state index contributed by atoms with van der Waals surface area (Å²) in [4.78, 5) is 26.3. The van der Waals surface area contributed by atoms with Crippen molar-refractivity contribution in [3.63, 3.8) is 0 Å². The number of aryl methyl sites for hydroxylation is 1. The molecule has 1 saturated carbocycles. The Hall–Kier alpha value is -1.16. The quantitative estimate of drug-likeness (QED) is 0.741. The highest BCUT2D eigenvalue weighted by atomic mass is 79.9. The van der Waals surface area contributed by atoms with Crippen LogP contribution in [0.15, 0.2) is 22.7 Å². The van der Waals surface area contributed by atoms with E-state index in [0.29, 0.717) is 12.1 Å². The second kappa shape index (κ2) is 4.44. The second-order valence-electron chi connectivity index (χ2n) is 5.69. The molecule has 0 N–H and O–H groups in total. The molecule has 19 heavy (non-hydrogen) atoms. The van der Waals surface area contributed by atoms with Gasteiger partial charge in [0.25, 0.3) is 0 Å². The Morgan fingerprint density at radius 3 is 2.47 bits per heavy atom. The van der Waals surface area contributed by atoms with Crippen LogP contribution in [0.3, 0.4) is 0 Å². The van der Waals surface area contributed by atoms with Crippen LogP contribution in [0.5, 0.6) is 0 Å². The summed E-state index contributed by atoms with van der Waals surface area (Å²) in [5, 5.41) is 0. The summed E-state index contributed by atoms with van der Waals surface area (Å²) in [6, 6.07) is 5.71. The number of carbonyl (C=O) groups is 2. The van der Waals surface area contributed by atoms with E-state index in [1.165, 1.54) is 4.90 Å². The summed E-state index contributed by atoms with van der Waals surface area (Å²) in [5.74, 6) is -0.0445. The van der Waals surface area contributed by atoms with Gasteiger partial charge in [0, 0.05) is 10.9 Å². The van der Waals surface area contributed by atoms with Crippen molar-refractivity contribution in [3.05, 3.63) is 28.2 Å². The van der Waals surface area contributed by atoms with Crippen LogP contribution in [-0.4, -0.2) is 11.8 Å². The predicted molar refractivity (Wildman–Crippen MR) is 76.9 cm³/mol. The van der Waals surface area contributed by atoms with Crippen LogP contribution in [-0.2, 0) is 9.59 Å². The maximum atomic E-state index is 12.7. The van der Waals surface area contributed by atoms with Crippen molar-refractivity contribution < 1.29 is 9.59 Å². The van der Waals surface area contributed by atoms with Crippen molar-refractivity contribution in [1.82, 2.24) is 0 Å². The van der Waals surface area contributed by atoms with E-state index in [-0.39, 0.29) is 11.8 Å². The maximum Gasteiger partial charge on any atom is 0.240 e. The molecular weight excluding hydrogens is 306 g/mol. The molecule has 3 rings (SSSR count). The number of halogens is 1. The number of anilines is 1. The molecule has 3 nitrogen and oxygen atoms in total. The number of amides is 2. The summed E-state index contributed by atoms with van der Waals surface area (Å²) in [7, 11) is 0. The van der Waals surface area contributed by atoms with Gasteiger partial charge >= 0.3 is 0 Å². The second-order valence-corrected chi connectivity index (χ2v) is 6.60. The largest absolute Gasteiger partial charge is 0.274 e. The molecule has 0 bridgehead atoms. The SMILES string of the molecule is Cc1cc(Br)cc(N2C(=O)CC3(CCCC3)C2=O)c1. The van der Waals surface area contributed by atoms with Crippen LogP contribution in [0.1, 0.15) is 37.7 Å². The van der Waals surface area contributed by atoms with Gasteiger partial charge in [0.1, 0.15) is 0 Å². The van der Waals surface area contributed by atoms with Crippen molar-refractivity contribution in [1.29, 1.82) is 0 Å².